The van der Waals surface area contributed by atoms with E-state index in [2.05, 4.69) is 5.32 Å². The number of amides is 1. The van der Waals surface area contributed by atoms with Gasteiger partial charge in [-0.2, -0.15) is 0 Å². The smallest absolute Gasteiger partial charge is 0.262 e. The molecule has 6 nitrogen and oxygen atoms in total. The predicted octanol–water partition coefficient (Wildman–Crippen LogP) is 4.20. The molecule has 0 aliphatic rings. The molecule has 3 rings (SSSR count). The van der Waals surface area contributed by atoms with Crippen LogP contribution < -0.4 is 15.6 Å². The number of fused-ring (bicyclic) bond motifs is 1. The number of aromatic nitrogens is 1. The van der Waals surface area contributed by atoms with Crippen LogP contribution in [0.3, 0.4) is 0 Å². The van der Waals surface area contributed by atoms with Gasteiger partial charge in [-0.25, -0.2) is 0 Å². The summed E-state index contributed by atoms with van der Waals surface area (Å²) in [4.78, 5) is 25.9. The highest BCUT2D eigenvalue weighted by molar-refractivity contribution is 6.07. The van der Waals surface area contributed by atoms with Gasteiger partial charge in [0.2, 0.25) is 0 Å². The quantitative estimate of drug-likeness (QED) is 0.664. The zero-order valence-electron chi connectivity index (χ0n) is 16.7. The minimum Gasteiger partial charge on any atom is -0.497 e. The van der Waals surface area contributed by atoms with E-state index in [1.807, 2.05) is 38.1 Å². The number of nitrogens with zero attached hydrogens (tertiary/aromatic N) is 1. The Balaban J connectivity index is 1.96. The number of carbonyl (C=O) groups excluding carboxylic acids is 1. The third-order valence-corrected chi connectivity index (χ3v) is 4.92. The van der Waals surface area contributed by atoms with Crippen molar-refractivity contribution in [3.05, 3.63) is 63.8 Å². The van der Waals surface area contributed by atoms with E-state index in [0.717, 1.165) is 17.7 Å². The topological polar surface area (TPSA) is 73.5 Å². The van der Waals surface area contributed by atoms with E-state index >= 15 is 0 Å². The van der Waals surface area contributed by atoms with E-state index in [1.165, 1.54) is 0 Å². The van der Waals surface area contributed by atoms with Crippen LogP contribution in [-0.4, -0.2) is 17.6 Å². The minimum absolute atomic E-state index is 0.177. The average Bonchev–Trinajstić information content (AvgIpc) is 3.05. The molecule has 2 aromatic heterocycles. The van der Waals surface area contributed by atoms with E-state index in [9.17, 15) is 9.59 Å². The highest BCUT2D eigenvalue weighted by Crippen LogP contribution is 2.25. The van der Waals surface area contributed by atoms with Crippen molar-refractivity contribution in [2.45, 2.75) is 46.2 Å². The first kappa shape index (κ1) is 19.7. The summed E-state index contributed by atoms with van der Waals surface area (Å²) in [7, 11) is 1.62. The molecule has 3 aromatic rings. The molecule has 0 saturated carbocycles. The van der Waals surface area contributed by atoms with Crippen molar-refractivity contribution >= 4 is 16.9 Å². The van der Waals surface area contributed by atoms with Crippen LogP contribution in [0.25, 0.3) is 11.0 Å². The normalized spacial score (nSPS) is 12.1. The van der Waals surface area contributed by atoms with Crippen LogP contribution in [0.4, 0.5) is 0 Å². The zero-order valence-corrected chi connectivity index (χ0v) is 16.7. The molecule has 2 heterocycles. The number of methoxy groups -OCH3 is 1. The summed E-state index contributed by atoms with van der Waals surface area (Å²) < 4.78 is 12.5. The molecule has 28 heavy (non-hydrogen) atoms. The SMILES string of the molecule is CCCn1ccc2oc(C)c(C(=O)N[C@@H](CC)c3ccc(OC)cc3)c2c1=O. The number of carbonyl (C=O) groups is 1. The highest BCUT2D eigenvalue weighted by atomic mass is 16.5. The van der Waals surface area contributed by atoms with Gasteiger partial charge < -0.3 is 19.0 Å². The molecule has 6 heteroatoms. The van der Waals surface area contributed by atoms with Crippen molar-refractivity contribution in [1.29, 1.82) is 0 Å². The molecule has 1 amide bonds. The number of furan rings is 1. The molecular formula is C22H26N2O4. The lowest BCUT2D eigenvalue weighted by molar-refractivity contribution is 0.0935. The third-order valence-electron chi connectivity index (χ3n) is 4.92. The lowest BCUT2D eigenvalue weighted by Gasteiger charge is -2.18. The van der Waals surface area contributed by atoms with Gasteiger partial charge in [0, 0.05) is 12.7 Å². The Labute approximate surface area is 164 Å². The molecular weight excluding hydrogens is 356 g/mol. The molecule has 1 N–H and O–H groups in total. The molecule has 1 atom stereocenters. The van der Waals surface area contributed by atoms with E-state index < -0.39 is 0 Å². The Morgan fingerprint density at radius 1 is 1.21 bits per heavy atom. The van der Waals surface area contributed by atoms with Crippen LogP contribution in [-0.2, 0) is 6.54 Å². The van der Waals surface area contributed by atoms with E-state index in [1.54, 1.807) is 30.9 Å². The summed E-state index contributed by atoms with van der Waals surface area (Å²) >= 11 is 0. The van der Waals surface area contributed by atoms with Crippen LogP contribution in [0.1, 0.15) is 54.4 Å². The number of nitrogens with one attached hydrogen (secondary N) is 1. The van der Waals surface area contributed by atoms with Crippen molar-refractivity contribution in [2.24, 2.45) is 0 Å². The van der Waals surface area contributed by atoms with Crippen molar-refractivity contribution in [2.75, 3.05) is 7.11 Å². The van der Waals surface area contributed by atoms with Crippen molar-refractivity contribution < 1.29 is 13.9 Å². The van der Waals surface area contributed by atoms with Crippen LogP contribution in [0.5, 0.6) is 5.75 Å². The van der Waals surface area contributed by atoms with Crippen LogP contribution >= 0.6 is 0 Å². The number of ether oxygens (including phenoxy) is 1. The maximum Gasteiger partial charge on any atom is 0.262 e. The molecule has 0 saturated heterocycles. The van der Waals surface area contributed by atoms with Crippen molar-refractivity contribution in [3.63, 3.8) is 0 Å². The largest absolute Gasteiger partial charge is 0.497 e. The molecule has 0 aliphatic carbocycles. The second-order valence-corrected chi connectivity index (χ2v) is 6.79. The van der Waals surface area contributed by atoms with Crippen LogP contribution in [0, 0.1) is 6.92 Å². The van der Waals surface area contributed by atoms with E-state index in [4.69, 9.17) is 9.15 Å². The predicted molar refractivity (Wildman–Crippen MR) is 109 cm³/mol. The lowest BCUT2D eigenvalue weighted by atomic mass is 10.0. The Kier molecular flexibility index (Phi) is 5.87. The molecule has 0 bridgehead atoms. The number of hydrogen-bond acceptors (Lipinski definition) is 4. The second kappa shape index (κ2) is 8.33. The van der Waals surface area contributed by atoms with Gasteiger partial charge in [0.1, 0.15) is 17.1 Å². The number of hydrogen-bond donors (Lipinski definition) is 1. The van der Waals surface area contributed by atoms with Crippen LogP contribution in [0.15, 0.2) is 45.7 Å². The van der Waals surface area contributed by atoms with Gasteiger partial charge in [-0.05, 0) is 43.5 Å². The minimum atomic E-state index is -0.301. The maximum absolute atomic E-state index is 13.1. The monoisotopic (exact) mass is 382 g/mol. The number of aryl methyl sites for hydroxylation is 2. The van der Waals surface area contributed by atoms with Gasteiger partial charge in [-0.1, -0.05) is 26.0 Å². The third kappa shape index (κ3) is 3.67. The van der Waals surface area contributed by atoms with Gasteiger partial charge in [0.25, 0.3) is 11.5 Å². The summed E-state index contributed by atoms with van der Waals surface area (Å²) in [5.41, 5.74) is 1.54. The Morgan fingerprint density at radius 2 is 1.93 bits per heavy atom. The Hall–Kier alpha value is -3.02. The maximum atomic E-state index is 13.1. The fourth-order valence-corrected chi connectivity index (χ4v) is 3.44. The van der Waals surface area contributed by atoms with Crippen LogP contribution in [0.2, 0.25) is 0 Å². The number of pyridine rings is 1. The van der Waals surface area contributed by atoms with E-state index in [0.29, 0.717) is 35.3 Å². The van der Waals surface area contributed by atoms with Gasteiger partial charge in [0.05, 0.1) is 24.1 Å². The van der Waals surface area contributed by atoms with Gasteiger partial charge >= 0.3 is 0 Å². The summed E-state index contributed by atoms with van der Waals surface area (Å²) in [6.07, 6.45) is 3.26. The summed E-state index contributed by atoms with van der Waals surface area (Å²) in [6, 6.07) is 9.17. The Bertz CT molecular complexity index is 1030. The first-order chi connectivity index (χ1) is 13.5. The molecule has 0 radical (unpaired) electrons. The van der Waals surface area contributed by atoms with Gasteiger partial charge in [-0.15, -0.1) is 0 Å². The first-order valence-electron chi connectivity index (χ1n) is 9.57. The van der Waals surface area contributed by atoms with Gasteiger partial charge in [-0.3, -0.25) is 9.59 Å². The summed E-state index contributed by atoms with van der Waals surface area (Å²) in [5.74, 6) is 0.909. The molecule has 0 spiro atoms. The average molecular weight is 382 g/mol. The molecule has 0 fully saturated rings. The Morgan fingerprint density at radius 3 is 2.54 bits per heavy atom. The molecule has 0 unspecified atom stereocenters. The van der Waals surface area contributed by atoms with E-state index in [-0.39, 0.29) is 17.5 Å². The first-order valence-corrected chi connectivity index (χ1v) is 9.57. The van der Waals surface area contributed by atoms with Crippen molar-refractivity contribution in [1.82, 2.24) is 9.88 Å². The van der Waals surface area contributed by atoms with Gasteiger partial charge in [0.15, 0.2) is 0 Å². The molecule has 148 valence electrons. The summed E-state index contributed by atoms with van der Waals surface area (Å²) in [5, 5.41) is 3.39. The number of rotatable bonds is 7. The lowest BCUT2D eigenvalue weighted by Crippen LogP contribution is -2.30. The fraction of sp³-hybridized carbons (Fsp3) is 0.364. The standard InChI is InChI=1S/C22H26N2O4/c1-5-12-24-13-11-18-20(22(24)26)19(14(3)28-18)21(25)23-17(6-2)15-7-9-16(27-4)10-8-15/h7-11,13,17H,5-6,12H2,1-4H3,(H,23,25)/t17-/m0/s1. The fourth-order valence-electron chi connectivity index (χ4n) is 3.44. The number of benzene rings is 1. The second-order valence-electron chi connectivity index (χ2n) is 6.79. The highest BCUT2D eigenvalue weighted by Gasteiger charge is 2.24. The summed E-state index contributed by atoms with van der Waals surface area (Å²) in [6.45, 7) is 6.33. The van der Waals surface area contributed by atoms with Crippen molar-refractivity contribution in [3.8, 4) is 5.75 Å². The molecule has 0 aliphatic heterocycles. The zero-order chi connectivity index (χ0) is 20.3. The molecule has 1 aromatic carbocycles.